The second-order valence-electron chi connectivity index (χ2n) is 24.2. The number of unbranched alkanes of at least 4 members (excludes halogenated alkanes) is 53. The molecule has 6 heteroatoms. The number of carbonyl (C=O) groups is 2. The maximum absolute atomic E-state index is 12.5. The van der Waals surface area contributed by atoms with Gasteiger partial charge >= 0.3 is 5.97 Å². The molecule has 0 aliphatic heterocycles. The van der Waals surface area contributed by atoms with E-state index >= 15 is 0 Å². The minimum Gasteiger partial charge on any atom is -0.466 e. The first kappa shape index (κ1) is 74.6. The molecule has 0 spiro atoms. The van der Waals surface area contributed by atoms with Crippen LogP contribution < -0.4 is 5.32 Å². The van der Waals surface area contributed by atoms with Gasteiger partial charge in [0.15, 0.2) is 0 Å². The van der Waals surface area contributed by atoms with Gasteiger partial charge in [0.1, 0.15) is 0 Å². The molecule has 452 valence electrons. The Kier molecular flexibility index (Phi) is 64.9. The van der Waals surface area contributed by atoms with Crippen molar-refractivity contribution in [2.24, 2.45) is 0 Å². The zero-order chi connectivity index (χ0) is 55.0. The SMILES string of the molecule is CCCCCCCCCCCCCCCCCCCCC(O)C(CO)NC(=O)CCCCCCCCCCCCCCCC/C=C\CCCCCCCCCCCCCCOC(=O)CCCCCCCCCCCCC. The Labute approximate surface area is 476 Å². The summed E-state index contributed by atoms with van der Waals surface area (Å²) >= 11 is 0. The van der Waals surface area contributed by atoms with E-state index in [-0.39, 0.29) is 18.5 Å². The van der Waals surface area contributed by atoms with Crippen molar-refractivity contribution in [1.82, 2.24) is 5.32 Å². The van der Waals surface area contributed by atoms with Crippen LogP contribution in [0.3, 0.4) is 0 Å². The molecule has 0 radical (unpaired) electrons. The lowest BCUT2D eigenvalue weighted by Gasteiger charge is -2.22. The Balaban J connectivity index is 3.36. The fourth-order valence-corrected chi connectivity index (χ4v) is 11.2. The number of ether oxygens (including phenoxy) is 1. The summed E-state index contributed by atoms with van der Waals surface area (Å²) < 4.78 is 5.47. The summed E-state index contributed by atoms with van der Waals surface area (Å²) in [7, 11) is 0. The molecule has 0 aromatic rings. The summed E-state index contributed by atoms with van der Waals surface area (Å²) in [6.45, 7) is 4.99. The number of rotatable bonds is 66. The van der Waals surface area contributed by atoms with E-state index in [1.165, 1.54) is 327 Å². The van der Waals surface area contributed by atoms with Gasteiger partial charge < -0.3 is 20.3 Å². The Hall–Kier alpha value is -1.40. The summed E-state index contributed by atoms with van der Waals surface area (Å²) in [5, 5.41) is 23.4. The van der Waals surface area contributed by atoms with Gasteiger partial charge in [-0.15, -0.1) is 0 Å². The first-order valence-electron chi connectivity index (χ1n) is 34.9. The van der Waals surface area contributed by atoms with Crippen LogP contribution in [0.4, 0.5) is 0 Å². The fraction of sp³-hybridized carbons (Fsp3) is 0.943. The van der Waals surface area contributed by atoms with E-state index in [9.17, 15) is 19.8 Å². The van der Waals surface area contributed by atoms with Crippen LogP contribution in [0.2, 0.25) is 0 Å². The molecule has 0 aromatic carbocycles. The maximum atomic E-state index is 12.5. The Bertz CT molecular complexity index is 1140. The lowest BCUT2D eigenvalue weighted by molar-refractivity contribution is -0.143. The normalized spacial score (nSPS) is 12.5. The molecule has 0 fully saturated rings. The topological polar surface area (TPSA) is 95.9 Å². The molecule has 2 atom stereocenters. The molecule has 1 amide bonds. The number of esters is 1. The highest BCUT2D eigenvalue weighted by Crippen LogP contribution is 2.19. The van der Waals surface area contributed by atoms with Gasteiger partial charge in [-0.05, 0) is 51.4 Å². The second kappa shape index (κ2) is 66.1. The summed E-state index contributed by atoms with van der Waals surface area (Å²) in [6.07, 6.45) is 81.2. The van der Waals surface area contributed by atoms with Crippen molar-refractivity contribution >= 4 is 11.9 Å². The van der Waals surface area contributed by atoms with E-state index in [1.54, 1.807) is 0 Å². The lowest BCUT2D eigenvalue weighted by Crippen LogP contribution is -2.45. The van der Waals surface area contributed by atoms with E-state index in [0.29, 0.717) is 25.9 Å². The van der Waals surface area contributed by atoms with Gasteiger partial charge in [0.25, 0.3) is 0 Å². The van der Waals surface area contributed by atoms with Gasteiger partial charge in [0, 0.05) is 12.8 Å². The van der Waals surface area contributed by atoms with Crippen LogP contribution >= 0.6 is 0 Å². The number of hydrogen-bond acceptors (Lipinski definition) is 5. The molecule has 0 bridgehead atoms. The number of nitrogens with one attached hydrogen (secondary N) is 1. The first-order valence-corrected chi connectivity index (χ1v) is 34.9. The number of allylic oxidation sites excluding steroid dienone is 2. The monoisotopic (exact) mass is 1070 g/mol. The molecule has 2 unspecified atom stereocenters. The summed E-state index contributed by atoms with van der Waals surface area (Å²) in [5.41, 5.74) is 0. The van der Waals surface area contributed by atoms with Crippen LogP contribution in [0.15, 0.2) is 12.2 Å². The van der Waals surface area contributed by atoms with Crippen LogP contribution in [-0.4, -0.2) is 47.4 Å². The summed E-state index contributed by atoms with van der Waals surface area (Å²) in [5.74, 6) is -0.0116. The van der Waals surface area contributed by atoms with Crippen molar-refractivity contribution in [2.45, 2.75) is 411 Å². The molecule has 0 rings (SSSR count). The number of carbonyl (C=O) groups excluding carboxylic acids is 2. The predicted octanol–water partition coefficient (Wildman–Crippen LogP) is 22.4. The van der Waals surface area contributed by atoms with Gasteiger partial charge in [0.2, 0.25) is 5.91 Å². The molecule has 3 N–H and O–H groups in total. The van der Waals surface area contributed by atoms with E-state index in [2.05, 4.69) is 31.3 Å². The molecule has 6 nitrogen and oxygen atoms in total. The van der Waals surface area contributed by atoms with Crippen LogP contribution in [0.1, 0.15) is 399 Å². The molecule has 0 aromatic heterocycles. The first-order chi connectivity index (χ1) is 37.5. The van der Waals surface area contributed by atoms with Crippen molar-refractivity contribution in [3.63, 3.8) is 0 Å². The van der Waals surface area contributed by atoms with E-state index in [4.69, 9.17) is 4.74 Å². The largest absolute Gasteiger partial charge is 0.466 e. The van der Waals surface area contributed by atoms with Crippen molar-refractivity contribution < 1.29 is 24.5 Å². The molecule has 0 aliphatic rings. The fourth-order valence-electron chi connectivity index (χ4n) is 11.2. The Morgan fingerprint density at radius 3 is 0.934 bits per heavy atom. The van der Waals surface area contributed by atoms with E-state index < -0.39 is 12.1 Å². The average Bonchev–Trinajstić information content (AvgIpc) is 3.42. The van der Waals surface area contributed by atoms with Crippen molar-refractivity contribution in [3.8, 4) is 0 Å². The summed E-state index contributed by atoms with van der Waals surface area (Å²) in [6, 6.07) is -0.540. The highest BCUT2D eigenvalue weighted by Gasteiger charge is 2.20. The molecular formula is C70H137NO5. The Morgan fingerprint density at radius 2 is 0.618 bits per heavy atom. The van der Waals surface area contributed by atoms with Crippen molar-refractivity contribution in [1.29, 1.82) is 0 Å². The van der Waals surface area contributed by atoms with Crippen LogP contribution in [0, 0.1) is 0 Å². The smallest absolute Gasteiger partial charge is 0.305 e. The minimum absolute atomic E-state index is 0.0176. The number of amides is 1. The molecular weight excluding hydrogens is 935 g/mol. The zero-order valence-electron chi connectivity index (χ0n) is 51.8. The van der Waals surface area contributed by atoms with E-state index in [0.717, 1.165) is 38.5 Å². The van der Waals surface area contributed by atoms with Crippen molar-refractivity contribution in [3.05, 3.63) is 12.2 Å². The van der Waals surface area contributed by atoms with Gasteiger partial charge in [-0.2, -0.15) is 0 Å². The second-order valence-corrected chi connectivity index (χ2v) is 24.2. The van der Waals surface area contributed by atoms with Crippen LogP contribution in [0.5, 0.6) is 0 Å². The third-order valence-electron chi connectivity index (χ3n) is 16.6. The zero-order valence-corrected chi connectivity index (χ0v) is 51.8. The van der Waals surface area contributed by atoms with Gasteiger partial charge in [-0.1, -0.05) is 347 Å². The molecule has 0 aliphatic carbocycles. The van der Waals surface area contributed by atoms with Gasteiger partial charge in [-0.25, -0.2) is 0 Å². The van der Waals surface area contributed by atoms with Crippen molar-refractivity contribution in [2.75, 3.05) is 13.2 Å². The number of aliphatic hydroxyl groups is 2. The van der Waals surface area contributed by atoms with E-state index in [1.807, 2.05) is 0 Å². The third-order valence-corrected chi connectivity index (χ3v) is 16.6. The molecule has 0 heterocycles. The summed E-state index contributed by atoms with van der Waals surface area (Å²) in [4.78, 5) is 24.5. The number of hydrogen-bond donors (Lipinski definition) is 3. The highest BCUT2D eigenvalue weighted by atomic mass is 16.5. The quantitative estimate of drug-likeness (QED) is 0.0320. The highest BCUT2D eigenvalue weighted by molar-refractivity contribution is 5.76. The molecule has 0 saturated carbocycles. The lowest BCUT2D eigenvalue weighted by atomic mass is 10.0. The Morgan fingerprint density at radius 1 is 0.355 bits per heavy atom. The maximum Gasteiger partial charge on any atom is 0.305 e. The van der Waals surface area contributed by atoms with Gasteiger partial charge in [-0.3, -0.25) is 9.59 Å². The molecule has 76 heavy (non-hydrogen) atoms. The molecule has 0 saturated heterocycles. The minimum atomic E-state index is -0.663. The standard InChI is InChI=1S/C70H137NO5/c1-3-5-7-9-11-13-15-16-17-18-33-36-39-43-46-50-54-58-62-68(73)67(66-72)71-69(74)63-59-55-51-47-44-40-37-34-31-29-27-25-23-21-19-20-22-24-26-28-30-32-35-38-41-45-49-53-57-61-65-76-70(75)64-60-56-52-48-42-14-12-10-8-6-4-2/h20,22,67-68,72-73H,3-19,21,23-66H2,1-2H3,(H,71,74)/b22-20-. The van der Waals surface area contributed by atoms with Crippen LogP contribution in [0.25, 0.3) is 0 Å². The number of aliphatic hydroxyl groups excluding tert-OH is 2. The average molecular weight is 1070 g/mol. The van der Waals surface area contributed by atoms with Gasteiger partial charge in [0.05, 0.1) is 25.4 Å². The third kappa shape index (κ3) is 61.8. The van der Waals surface area contributed by atoms with Crippen LogP contribution in [-0.2, 0) is 14.3 Å². The predicted molar refractivity (Wildman–Crippen MR) is 333 cm³/mol.